The van der Waals surface area contributed by atoms with Gasteiger partial charge in [0.15, 0.2) is 0 Å². The molecule has 32 heavy (non-hydrogen) atoms. The third-order valence-corrected chi connectivity index (χ3v) is 7.62. The molecule has 9 nitrogen and oxygen atoms in total. The van der Waals surface area contributed by atoms with Gasteiger partial charge in [-0.1, -0.05) is 13.8 Å². The number of benzene rings is 1. The Morgan fingerprint density at radius 2 is 1.72 bits per heavy atom. The fourth-order valence-electron chi connectivity index (χ4n) is 3.73. The lowest BCUT2D eigenvalue weighted by molar-refractivity contribution is -0.151. The van der Waals surface area contributed by atoms with E-state index >= 15 is 0 Å². The number of esters is 1. The quantitative estimate of drug-likeness (QED) is 0.511. The second-order valence-corrected chi connectivity index (χ2v) is 9.64. The van der Waals surface area contributed by atoms with Crippen molar-refractivity contribution in [2.45, 2.75) is 38.5 Å². The van der Waals surface area contributed by atoms with Crippen molar-refractivity contribution in [3.05, 3.63) is 29.8 Å². The highest BCUT2D eigenvalue weighted by Gasteiger charge is 2.30. The van der Waals surface area contributed by atoms with E-state index in [2.05, 4.69) is 0 Å². The standard InChI is InChI=1S/C22H33N3O6S/c1-5-25(6-2)32(29,30)19-12-10-17(11-13-19)21(27)23(4)16-20(26)24-14-8-9-18(15-24)22(28)31-7-3/h10-13,18H,5-9,14-16H2,1-4H3. The van der Waals surface area contributed by atoms with Gasteiger partial charge in [-0.3, -0.25) is 14.4 Å². The summed E-state index contributed by atoms with van der Waals surface area (Å²) in [6, 6.07) is 5.73. The predicted molar refractivity (Wildman–Crippen MR) is 119 cm³/mol. The molecule has 0 radical (unpaired) electrons. The highest BCUT2D eigenvalue weighted by molar-refractivity contribution is 7.89. The third kappa shape index (κ3) is 6.07. The Morgan fingerprint density at radius 3 is 2.28 bits per heavy atom. The molecule has 0 aliphatic carbocycles. The smallest absolute Gasteiger partial charge is 0.310 e. The van der Waals surface area contributed by atoms with E-state index in [1.54, 1.807) is 25.7 Å². The molecule has 178 valence electrons. The van der Waals surface area contributed by atoms with Crippen molar-refractivity contribution in [2.24, 2.45) is 5.92 Å². The van der Waals surface area contributed by atoms with Gasteiger partial charge < -0.3 is 14.5 Å². The van der Waals surface area contributed by atoms with E-state index < -0.39 is 10.0 Å². The first-order valence-electron chi connectivity index (χ1n) is 11.0. The minimum absolute atomic E-state index is 0.120. The molecule has 1 aliphatic heterocycles. The number of carbonyl (C=O) groups is 3. The summed E-state index contributed by atoms with van der Waals surface area (Å²) in [7, 11) is -2.08. The van der Waals surface area contributed by atoms with Crippen LogP contribution in [0.1, 0.15) is 44.0 Å². The van der Waals surface area contributed by atoms with Crippen LogP contribution in [0.3, 0.4) is 0 Å². The number of likely N-dealkylation sites (tertiary alicyclic amines) is 1. The average Bonchev–Trinajstić information content (AvgIpc) is 2.79. The van der Waals surface area contributed by atoms with Crippen molar-refractivity contribution in [2.75, 3.05) is 46.4 Å². The fourth-order valence-corrected chi connectivity index (χ4v) is 5.19. The molecule has 1 saturated heterocycles. The van der Waals surface area contributed by atoms with Crippen LogP contribution in [0.15, 0.2) is 29.2 Å². The van der Waals surface area contributed by atoms with Crippen LogP contribution in [0.4, 0.5) is 0 Å². The summed E-state index contributed by atoms with van der Waals surface area (Å²) in [6.45, 7) is 6.99. The largest absolute Gasteiger partial charge is 0.466 e. The second kappa shape index (κ2) is 11.4. The van der Waals surface area contributed by atoms with Gasteiger partial charge in [0.1, 0.15) is 0 Å². The summed E-state index contributed by atoms with van der Waals surface area (Å²) in [5, 5.41) is 0. The van der Waals surface area contributed by atoms with Crippen molar-refractivity contribution < 1.29 is 27.5 Å². The van der Waals surface area contributed by atoms with Gasteiger partial charge in [0, 0.05) is 38.8 Å². The zero-order chi connectivity index (χ0) is 23.9. The van der Waals surface area contributed by atoms with Crippen LogP contribution >= 0.6 is 0 Å². The molecule has 1 fully saturated rings. The molecule has 0 aromatic heterocycles. The highest BCUT2D eigenvalue weighted by Crippen LogP contribution is 2.19. The molecule has 1 aromatic rings. The van der Waals surface area contributed by atoms with Crippen molar-refractivity contribution in [3.8, 4) is 0 Å². The Morgan fingerprint density at radius 1 is 1.09 bits per heavy atom. The lowest BCUT2D eigenvalue weighted by atomic mass is 9.98. The predicted octanol–water partition coefficient (Wildman–Crippen LogP) is 1.59. The summed E-state index contributed by atoms with van der Waals surface area (Å²) >= 11 is 0. The Balaban J connectivity index is 2.01. The second-order valence-electron chi connectivity index (χ2n) is 7.71. The van der Waals surface area contributed by atoms with Gasteiger partial charge in [-0.15, -0.1) is 0 Å². The maximum atomic E-state index is 12.7. The number of ether oxygens (including phenoxy) is 1. The van der Waals surface area contributed by atoms with Gasteiger partial charge in [-0.2, -0.15) is 4.31 Å². The van der Waals surface area contributed by atoms with Crippen molar-refractivity contribution in [3.63, 3.8) is 0 Å². The number of piperidine rings is 1. The minimum Gasteiger partial charge on any atom is -0.466 e. The van der Waals surface area contributed by atoms with Crippen LogP contribution in [0.5, 0.6) is 0 Å². The zero-order valence-corrected chi connectivity index (χ0v) is 20.1. The van der Waals surface area contributed by atoms with E-state index in [0.717, 1.165) is 0 Å². The normalized spacial score (nSPS) is 16.7. The maximum Gasteiger partial charge on any atom is 0.310 e. The van der Waals surface area contributed by atoms with Crippen molar-refractivity contribution >= 4 is 27.8 Å². The van der Waals surface area contributed by atoms with Crippen LogP contribution in [-0.2, 0) is 24.3 Å². The van der Waals surface area contributed by atoms with Crippen molar-refractivity contribution in [1.29, 1.82) is 0 Å². The van der Waals surface area contributed by atoms with Crippen LogP contribution in [0.2, 0.25) is 0 Å². The molecule has 0 N–H and O–H groups in total. The number of likely N-dealkylation sites (N-methyl/N-ethyl adjacent to an activating group) is 1. The molecule has 1 heterocycles. The number of rotatable bonds is 9. The Labute approximate surface area is 190 Å². The molecule has 2 amide bonds. The SMILES string of the molecule is CCOC(=O)C1CCCN(C(=O)CN(C)C(=O)c2ccc(S(=O)(=O)N(CC)CC)cc2)C1. The van der Waals surface area contributed by atoms with Gasteiger partial charge >= 0.3 is 5.97 Å². The maximum absolute atomic E-state index is 12.7. The molecular weight excluding hydrogens is 434 g/mol. The Hall–Kier alpha value is -2.46. The van der Waals surface area contributed by atoms with Gasteiger partial charge in [0.05, 0.1) is 24.0 Å². The first-order valence-corrected chi connectivity index (χ1v) is 12.4. The first-order chi connectivity index (χ1) is 15.1. The number of nitrogens with zero attached hydrogens (tertiary/aromatic N) is 3. The van der Waals surface area contributed by atoms with Gasteiger partial charge in [0.25, 0.3) is 5.91 Å². The van der Waals surface area contributed by atoms with Gasteiger partial charge in [-0.25, -0.2) is 8.42 Å². The summed E-state index contributed by atoms with van der Waals surface area (Å²) in [6.07, 6.45) is 1.38. The topological polar surface area (TPSA) is 104 Å². The van der Waals surface area contributed by atoms with E-state index in [9.17, 15) is 22.8 Å². The molecule has 1 unspecified atom stereocenters. The molecular formula is C22H33N3O6S. The average molecular weight is 468 g/mol. The minimum atomic E-state index is -3.60. The summed E-state index contributed by atoms with van der Waals surface area (Å²) in [4.78, 5) is 40.4. The van der Waals surface area contributed by atoms with E-state index in [1.165, 1.54) is 40.5 Å². The Bertz CT molecular complexity index is 912. The molecule has 0 saturated carbocycles. The molecule has 2 rings (SSSR count). The van der Waals surface area contributed by atoms with E-state index in [-0.39, 0.29) is 41.7 Å². The lowest BCUT2D eigenvalue weighted by Crippen LogP contribution is -2.47. The number of carbonyl (C=O) groups excluding carboxylic acids is 3. The lowest BCUT2D eigenvalue weighted by Gasteiger charge is -2.32. The summed E-state index contributed by atoms with van der Waals surface area (Å²) in [5.74, 6) is -1.26. The van der Waals surface area contributed by atoms with Gasteiger partial charge in [0.2, 0.25) is 15.9 Å². The van der Waals surface area contributed by atoms with E-state index in [4.69, 9.17) is 4.74 Å². The third-order valence-electron chi connectivity index (χ3n) is 5.56. The summed E-state index contributed by atoms with van der Waals surface area (Å²) < 4.78 is 31.6. The monoisotopic (exact) mass is 467 g/mol. The van der Waals surface area contributed by atoms with Crippen molar-refractivity contribution in [1.82, 2.24) is 14.1 Å². The molecule has 1 atom stereocenters. The van der Waals surface area contributed by atoms with E-state index in [0.29, 0.717) is 44.6 Å². The van der Waals surface area contributed by atoms with E-state index in [1.807, 2.05) is 0 Å². The zero-order valence-electron chi connectivity index (χ0n) is 19.2. The number of sulfonamides is 1. The summed E-state index contributed by atoms with van der Waals surface area (Å²) in [5.41, 5.74) is 0.293. The highest BCUT2D eigenvalue weighted by atomic mass is 32.2. The molecule has 0 bridgehead atoms. The Kier molecular flexibility index (Phi) is 9.21. The van der Waals surface area contributed by atoms with Crippen LogP contribution in [-0.4, -0.2) is 86.7 Å². The molecule has 0 spiro atoms. The fraction of sp³-hybridized carbons (Fsp3) is 0.591. The number of amides is 2. The molecule has 1 aromatic carbocycles. The molecule has 10 heteroatoms. The number of hydrogen-bond acceptors (Lipinski definition) is 6. The van der Waals surface area contributed by atoms with Crippen LogP contribution in [0, 0.1) is 5.92 Å². The van der Waals surface area contributed by atoms with Crippen LogP contribution < -0.4 is 0 Å². The number of hydrogen-bond donors (Lipinski definition) is 0. The first kappa shape index (κ1) is 25.8. The molecule has 1 aliphatic rings. The van der Waals surface area contributed by atoms with Crippen LogP contribution in [0.25, 0.3) is 0 Å². The van der Waals surface area contributed by atoms with Gasteiger partial charge in [-0.05, 0) is 44.0 Å².